The number of hydrogen-bond donors (Lipinski definition) is 1. The van der Waals surface area contributed by atoms with E-state index in [1.165, 1.54) is 17.7 Å². The summed E-state index contributed by atoms with van der Waals surface area (Å²) in [5.74, 6) is 1.86. The van der Waals surface area contributed by atoms with E-state index in [2.05, 4.69) is 50.7 Å². The molecular formula is C15H18N4S. The Balaban J connectivity index is 1.78. The van der Waals surface area contributed by atoms with Gasteiger partial charge in [0.15, 0.2) is 0 Å². The maximum atomic E-state index is 4.37. The Bertz CT molecular complexity index is 582. The molecule has 0 saturated carbocycles. The normalized spacial score (nSPS) is 14.6. The van der Waals surface area contributed by atoms with Gasteiger partial charge >= 0.3 is 0 Å². The van der Waals surface area contributed by atoms with Crippen LogP contribution in [-0.4, -0.2) is 29.3 Å². The number of benzene rings is 1. The minimum Gasteiger partial charge on any atom is -0.356 e. The summed E-state index contributed by atoms with van der Waals surface area (Å²) in [5, 5.41) is 3.35. The van der Waals surface area contributed by atoms with Crippen molar-refractivity contribution in [1.29, 1.82) is 0 Å². The molecule has 0 unspecified atom stereocenters. The molecule has 1 aliphatic heterocycles. The van der Waals surface area contributed by atoms with Gasteiger partial charge in [0.1, 0.15) is 18.0 Å². The lowest BCUT2D eigenvalue weighted by Gasteiger charge is -2.16. The van der Waals surface area contributed by atoms with Gasteiger partial charge in [-0.1, -0.05) is 6.07 Å². The number of thioether (sulfide) groups is 1. The van der Waals surface area contributed by atoms with Gasteiger partial charge in [-0.25, -0.2) is 9.97 Å². The SMILES string of the molecule is CSc1cccc(Nc2cc(N3CCCC3)ncn2)c1. The molecule has 104 valence electrons. The van der Waals surface area contributed by atoms with Gasteiger partial charge in [-0.2, -0.15) is 0 Å². The highest BCUT2D eigenvalue weighted by atomic mass is 32.2. The molecule has 1 fully saturated rings. The summed E-state index contributed by atoms with van der Waals surface area (Å²) in [5.41, 5.74) is 1.06. The monoisotopic (exact) mass is 286 g/mol. The Morgan fingerprint density at radius 2 is 2.00 bits per heavy atom. The van der Waals surface area contributed by atoms with Crippen LogP contribution in [0.5, 0.6) is 0 Å². The van der Waals surface area contributed by atoms with E-state index in [9.17, 15) is 0 Å². The van der Waals surface area contributed by atoms with Gasteiger partial charge in [-0.15, -0.1) is 11.8 Å². The molecule has 20 heavy (non-hydrogen) atoms. The van der Waals surface area contributed by atoms with Crippen LogP contribution < -0.4 is 10.2 Å². The quantitative estimate of drug-likeness (QED) is 0.871. The molecule has 1 aromatic carbocycles. The molecule has 0 bridgehead atoms. The standard InChI is InChI=1S/C15H18N4S/c1-20-13-6-4-5-12(9-13)18-14-10-15(17-11-16-14)19-7-2-3-8-19/h4-6,9-11H,2-3,7-8H2,1H3,(H,16,17,18). The van der Waals surface area contributed by atoms with E-state index in [1.54, 1.807) is 18.1 Å². The van der Waals surface area contributed by atoms with Crippen LogP contribution in [-0.2, 0) is 0 Å². The minimum absolute atomic E-state index is 0.847. The molecule has 1 N–H and O–H groups in total. The predicted octanol–water partition coefficient (Wildman–Crippen LogP) is 3.54. The summed E-state index contributed by atoms with van der Waals surface area (Å²) >= 11 is 1.74. The fourth-order valence-electron chi connectivity index (χ4n) is 2.38. The van der Waals surface area contributed by atoms with Crippen LogP contribution in [0.25, 0.3) is 0 Å². The van der Waals surface area contributed by atoms with Gasteiger partial charge < -0.3 is 10.2 Å². The first-order valence-electron chi connectivity index (χ1n) is 6.83. The minimum atomic E-state index is 0.847. The molecule has 1 aromatic heterocycles. The van der Waals surface area contributed by atoms with Crippen molar-refractivity contribution < 1.29 is 0 Å². The van der Waals surface area contributed by atoms with Gasteiger partial charge in [0.05, 0.1) is 0 Å². The van der Waals surface area contributed by atoms with Crippen LogP contribution in [0.3, 0.4) is 0 Å². The van der Waals surface area contributed by atoms with Crippen molar-refractivity contribution in [2.24, 2.45) is 0 Å². The molecular weight excluding hydrogens is 268 g/mol. The summed E-state index contributed by atoms with van der Waals surface area (Å²) in [7, 11) is 0. The molecule has 4 nitrogen and oxygen atoms in total. The molecule has 0 amide bonds. The van der Waals surface area contributed by atoms with E-state index in [4.69, 9.17) is 0 Å². The zero-order chi connectivity index (χ0) is 13.8. The predicted molar refractivity (Wildman–Crippen MR) is 85.0 cm³/mol. The number of hydrogen-bond acceptors (Lipinski definition) is 5. The first-order valence-corrected chi connectivity index (χ1v) is 8.06. The van der Waals surface area contributed by atoms with Crippen molar-refractivity contribution in [2.45, 2.75) is 17.7 Å². The summed E-state index contributed by atoms with van der Waals surface area (Å²) in [6.45, 7) is 2.19. The molecule has 1 saturated heterocycles. The third-order valence-corrected chi connectivity index (χ3v) is 4.15. The van der Waals surface area contributed by atoms with Crippen LogP contribution in [0.4, 0.5) is 17.3 Å². The maximum Gasteiger partial charge on any atom is 0.135 e. The number of nitrogens with zero attached hydrogens (tertiary/aromatic N) is 3. The zero-order valence-electron chi connectivity index (χ0n) is 11.5. The smallest absolute Gasteiger partial charge is 0.135 e. The maximum absolute atomic E-state index is 4.37. The van der Waals surface area contributed by atoms with Crippen LogP contribution in [0.2, 0.25) is 0 Å². The lowest BCUT2D eigenvalue weighted by Crippen LogP contribution is -2.19. The molecule has 5 heteroatoms. The van der Waals surface area contributed by atoms with Crippen molar-refractivity contribution in [3.05, 3.63) is 36.7 Å². The average Bonchev–Trinajstić information content (AvgIpc) is 3.02. The lowest BCUT2D eigenvalue weighted by molar-refractivity contribution is 0.928. The molecule has 0 atom stereocenters. The molecule has 0 radical (unpaired) electrons. The summed E-state index contributed by atoms with van der Waals surface area (Å²) in [6, 6.07) is 10.4. The Kier molecular flexibility index (Phi) is 4.06. The Hall–Kier alpha value is -1.75. The van der Waals surface area contributed by atoms with Crippen molar-refractivity contribution in [3.8, 4) is 0 Å². The molecule has 2 aromatic rings. The second-order valence-corrected chi connectivity index (χ2v) is 5.69. The first-order chi connectivity index (χ1) is 9.85. The van der Waals surface area contributed by atoms with Gasteiger partial charge in [0.2, 0.25) is 0 Å². The Morgan fingerprint density at radius 1 is 1.15 bits per heavy atom. The van der Waals surface area contributed by atoms with Crippen LogP contribution >= 0.6 is 11.8 Å². The van der Waals surface area contributed by atoms with E-state index < -0.39 is 0 Å². The number of nitrogens with one attached hydrogen (secondary N) is 1. The van der Waals surface area contributed by atoms with E-state index in [-0.39, 0.29) is 0 Å². The fourth-order valence-corrected chi connectivity index (χ4v) is 2.84. The third-order valence-electron chi connectivity index (χ3n) is 3.42. The number of anilines is 3. The molecule has 0 aliphatic carbocycles. The summed E-state index contributed by atoms with van der Waals surface area (Å²) in [4.78, 5) is 12.2. The van der Waals surface area contributed by atoms with Crippen molar-refractivity contribution in [3.63, 3.8) is 0 Å². The van der Waals surface area contributed by atoms with Crippen molar-refractivity contribution >= 4 is 29.1 Å². The van der Waals surface area contributed by atoms with E-state index >= 15 is 0 Å². The Morgan fingerprint density at radius 3 is 2.80 bits per heavy atom. The van der Waals surface area contributed by atoms with Gasteiger partial charge in [0, 0.05) is 29.7 Å². The number of rotatable bonds is 4. The van der Waals surface area contributed by atoms with E-state index in [0.717, 1.165) is 30.4 Å². The second-order valence-electron chi connectivity index (χ2n) is 4.81. The van der Waals surface area contributed by atoms with Gasteiger partial charge in [0.25, 0.3) is 0 Å². The lowest BCUT2D eigenvalue weighted by atomic mass is 10.3. The largest absolute Gasteiger partial charge is 0.356 e. The zero-order valence-corrected chi connectivity index (χ0v) is 12.4. The fraction of sp³-hybridized carbons (Fsp3) is 0.333. The van der Waals surface area contributed by atoms with E-state index in [1.807, 2.05) is 6.07 Å². The van der Waals surface area contributed by atoms with Crippen LogP contribution in [0, 0.1) is 0 Å². The topological polar surface area (TPSA) is 41.0 Å². The molecule has 2 heterocycles. The molecule has 1 aliphatic rings. The number of aromatic nitrogens is 2. The van der Waals surface area contributed by atoms with Crippen LogP contribution in [0.1, 0.15) is 12.8 Å². The molecule has 0 spiro atoms. The van der Waals surface area contributed by atoms with E-state index in [0.29, 0.717) is 0 Å². The highest BCUT2D eigenvalue weighted by Gasteiger charge is 2.13. The summed E-state index contributed by atoms with van der Waals surface area (Å²) < 4.78 is 0. The molecule has 3 rings (SSSR count). The summed E-state index contributed by atoms with van der Waals surface area (Å²) in [6.07, 6.45) is 6.22. The highest BCUT2D eigenvalue weighted by Crippen LogP contribution is 2.24. The average molecular weight is 286 g/mol. The van der Waals surface area contributed by atoms with Gasteiger partial charge in [-0.3, -0.25) is 0 Å². The van der Waals surface area contributed by atoms with Gasteiger partial charge in [-0.05, 0) is 37.3 Å². The van der Waals surface area contributed by atoms with Crippen molar-refractivity contribution in [2.75, 3.05) is 29.6 Å². The highest BCUT2D eigenvalue weighted by molar-refractivity contribution is 7.98. The Labute approximate surface area is 123 Å². The van der Waals surface area contributed by atoms with Crippen LogP contribution in [0.15, 0.2) is 41.6 Å². The first kappa shape index (κ1) is 13.2. The second kappa shape index (κ2) is 6.13. The van der Waals surface area contributed by atoms with Crippen molar-refractivity contribution in [1.82, 2.24) is 9.97 Å². The third kappa shape index (κ3) is 3.04.